The van der Waals surface area contributed by atoms with Crippen LogP contribution >= 0.6 is 11.8 Å². The normalized spacial score (nSPS) is 11.4. The molecule has 12 heteroatoms. The third-order valence-corrected chi connectivity index (χ3v) is 5.58. The van der Waals surface area contributed by atoms with E-state index in [4.69, 9.17) is 4.42 Å². The van der Waals surface area contributed by atoms with Crippen LogP contribution in [-0.4, -0.2) is 50.8 Å². The molecule has 0 aliphatic rings. The summed E-state index contributed by atoms with van der Waals surface area (Å²) in [4.78, 5) is 25.7. The minimum Gasteiger partial charge on any atom is -0.469 e. The van der Waals surface area contributed by atoms with Crippen LogP contribution in [0.15, 0.2) is 46.2 Å². The molecule has 1 N–H and O–H groups in total. The zero-order chi connectivity index (χ0) is 23.5. The van der Waals surface area contributed by atoms with E-state index in [9.17, 15) is 22.8 Å². The van der Waals surface area contributed by atoms with Crippen LogP contribution in [0.1, 0.15) is 11.3 Å². The summed E-state index contributed by atoms with van der Waals surface area (Å²) in [6, 6.07) is 6.42. The molecule has 0 spiro atoms. The minimum absolute atomic E-state index is 0.0285. The topological polar surface area (TPSA) is 93.3 Å². The number of carbonyl (C=O) groups excluding carboxylic acids is 2. The van der Waals surface area contributed by atoms with Gasteiger partial charge in [0.2, 0.25) is 11.8 Å². The summed E-state index contributed by atoms with van der Waals surface area (Å²) in [5.41, 5.74) is -0.531. The first kappa shape index (κ1) is 23.4. The number of hydrogen-bond donors (Lipinski definition) is 1. The molecule has 2 heterocycles. The average Bonchev–Trinajstić information content (AvgIpc) is 3.30. The Labute approximate surface area is 185 Å². The van der Waals surface area contributed by atoms with Crippen LogP contribution in [0.3, 0.4) is 0 Å². The number of para-hydroxylation sites is 1. The molecule has 170 valence electrons. The zero-order valence-corrected chi connectivity index (χ0v) is 18.3. The summed E-state index contributed by atoms with van der Waals surface area (Å²) in [7, 11) is 3.15. The molecule has 0 bridgehead atoms. The van der Waals surface area contributed by atoms with Crippen LogP contribution < -0.4 is 5.32 Å². The Bertz CT molecular complexity index is 1130. The van der Waals surface area contributed by atoms with Gasteiger partial charge in [0.1, 0.15) is 5.76 Å². The first-order valence-electron chi connectivity index (χ1n) is 9.34. The van der Waals surface area contributed by atoms with Gasteiger partial charge >= 0.3 is 6.18 Å². The number of benzene rings is 1. The Kier molecular flexibility index (Phi) is 6.92. The number of rotatable bonds is 7. The average molecular weight is 467 g/mol. The number of halogens is 3. The molecular formula is C20H20F3N5O3S. The number of aromatic nitrogens is 3. The van der Waals surface area contributed by atoms with Crippen LogP contribution in [0.5, 0.6) is 0 Å². The highest BCUT2D eigenvalue weighted by Gasteiger charge is 2.33. The van der Waals surface area contributed by atoms with Crippen LogP contribution in [-0.2, 0) is 22.8 Å². The van der Waals surface area contributed by atoms with Crippen molar-refractivity contribution in [2.75, 3.05) is 24.7 Å². The number of hydrogen-bond acceptors (Lipinski definition) is 6. The first-order chi connectivity index (χ1) is 15.1. The van der Waals surface area contributed by atoms with Crippen LogP contribution in [0.25, 0.3) is 11.4 Å². The lowest BCUT2D eigenvalue weighted by molar-refractivity contribution is -0.137. The van der Waals surface area contributed by atoms with Crippen molar-refractivity contribution in [2.45, 2.75) is 18.3 Å². The highest BCUT2D eigenvalue weighted by molar-refractivity contribution is 7.99. The Morgan fingerprint density at radius 1 is 1.22 bits per heavy atom. The van der Waals surface area contributed by atoms with Gasteiger partial charge in [0.25, 0.3) is 0 Å². The molecule has 0 aliphatic carbocycles. The van der Waals surface area contributed by atoms with Crippen LogP contribution in [0.2, 0.25) is 0 Å². The molecule has 3 rings (SSSR count). The van der Waals surface area contributed by atoms with Gasteiger partial charge < -0.3 is 19.2 Å². The van der Waals surface area contributed by atoms with Gasteiger partial charge in [0, 0.05) is 14.1 Å². The number of carbonyl (C=O) groups is 2. The molecule has 3 aromatic rings. The number of alkyl halides is 3. The Morgan fingerprint density at radius 2 is 1.94 bits per heavy atom. The maximum atomic E-state index is 13.1. The number of amides is 2. The molecule has 32 heavy (non-hydrogen) atoms. The van der Waals surface area contributed by atoms with Crippen LogP contribution in [0, 0.1) is 6.92 Å². The number of nitrogens with zero attached hydrogens (tertiary/aromatic N) is 4. The van der Waals surface area contributed by atoms with Crippen molar-refractivity contribution in [3.63, 3.8) is 0 Å². The van der Waals surface area contributed by atoms with Gasteiger partial charge in [-0.25, -0.2) is 0 Å². The van der Waals surface area contributed by atoms with E-state index in [1.165, 1.54) is 19.2 Å². The van der Waals surface area contributed by atoms with E-state index in [-0.39, 0.29) is 11.4 Å². The lowest BCUT2D eigenvalue weighted by Gasteiger charge is -2.18. The number of aryl methyl sites for hydroxylation is 1. The number of likely N-dealkylation sites (N-methyl/N-ethyl adjacent to an activating group) is 1. The molecule has 0 fully saturated rings. The molecule has 0 unspecified atom stereocenters. The summed E-state index contributed by atoms with van der Waals surface area (Å²) in [6.07, 6.45) is -3.06. The Balaban J connectivity index is 1.57. The molecule has 0 saturated heterocycles. The largest absolute Gasteiger partial charge is 0.469 e. The fourth-order valence-electron chi connectivity index (χ4n) is 2.86. The summed E-state index contributed by atoms with van der Waals surface area (Å²) in [6.45, 7) is 1.40. The van der Waals surface area contributed by atoms with Crippen molar-refractivity contribution in [3.8, 4) is 11.4 Å². The highest BCUT2D eigenvalue weighted by atomic mass is 32.2. The second-order valence-corrected chi connectivity index (χ2v) is 7.83. The first-order valence-corrected chi connectivity index (χ1v) is 10.3. The van der Waals surface area contributed by atoms with Gasteiger partial charge in [-0.2, -0.15) is 13.2 Å². The summed E-state index contributed by atoms with van der Waals surface area (Å²) in [5, 5.41) is 10.9. The fraction of sp³-hybridized carbons (Fsp3) is 0.300. The van der Waals surface area contributed by atoms with Crippen LogP contribution in [0.4, 0.5) is 18.9 Å². The molecule has 8 nitrogen and oxygen atoms in total. The maximum absolute atomic E-state index is 13.1. The highest BCUT2D eigenvalue weighted by Crippen LogP contribution is 2.34. The van der Waals surface area contributed by atoms with E-state index in [2.05, 4.69) is 15.5 Å². The SMILES string of the molecule is Cc1occc1-c1nnc(SCC(=O)N(C)CC(=O)Nc2ccccc2C(F)(F)F)n1C. The van der Waals surface area contributed by atoms with Crippen molar-refractivity contribution >= 4 is 29.3 Å². The molecule has 0 atom stereocenters. The lowest BCUT2D eigenvalue weighted by Crippen LogP contribution is -2.36. The van der Waals surface area contributed by atoms with Gasteiger partial charge in [0.15, 0.2) is 11.0 Å². The Morgan fingerprint density at radius 3 is 2.59 bits per heavy atom. The number of thioether (sulfide) groups is 1. The maximum Gasteiger partial charge on any atom is 0.418 e. The monoisotopic (exact) mass is 467 g/mol. The second kappa shape index (κ2) is 9.47. The number of nitrogens with one attached hydrogen (secondary N) is 1. The summed E-state index contributed by atoms with van der Waals surface area (Å²) >= 11 is 1.13. The second-order valence-electron chi connectivity index (χ2n) is 6.89. The quantitative estimate of drug-likeness (QED) is 0.534. The molecule has 2 aromatic heterocycles. The molecule has 0 aliphatic heterocycles. The van der Waals surface area contributed by atoms with E-state index < -0.39 is 30.1 Å². The van der Waals surface area contributed by atoms with Gasteiger partial charge in [-0.15, -0.1) is 10.2 Å². The molecule has 0 radical (unpaired) electrons. The van der Waals surface area contributed by atoms with Crippen molar-refractivity contribution in [2.24, 2.45) is 7.05 Å². The molecule has 2 amide bonds. The fourth-order valence-corrected chi connectivity index (χ4v) is 3.71. The molecule has 0 saturated carbocycles. The number of anilines is 1. The number of furan rings is 1. The van der Waals surface area contributed by atoms with Gasteiger partial charge in [-0.1, -0.05) is 23.9 Å². The van der Waals surface area contributed by atoms with E-state index in [1.807, 2.05) is 0 Å². The third-order valence-electron chi connectivity index (χ3n) is 4.57. The standard InChI is InChI=1S/C20H20F3N5O3S/c1-12-13(8-9-31-12)18-25-26-19(28(18)3)32-11-17(30)27(2)10-16(29)24-15-7-5-4-6-14(15)20(21,22)23/h4-9H,10-11H2,1-3H3,(H,24,29). The van der Waals surface area contributed by atoms with E-state index in [1.54, 1.807) is 30.9 Å². The van der Waals surface area contributed by atoms with Gasteiger partial charge in [-0.3, -0.25) is 9.59 Å². The van der Waals surface area contributed by atoms with Crippen molar-refractivity contribution in [1.29, 1.82) is 0 Å². The van der Waals surface area contributed by atoms with Crippen molar-refractivity contribution < 1.29 is 27.2 Å². The predicted octanol–water partition coefficient (Wildman–Crippen LogP) is 3.59. The smallest absolute Gasteiger partial charge is 0.418 e. The minimum atomic E-state index is -4.60. The Hall–Kier alpha value is -3.28. The van der Waals surface area contributed by atoms with Gasteiger partial charge in [-0.05, 0) is 25.1 Å². The predicted molar refractivity (Wildman–Crippen MR) is 112 cm³/mol. The lowest BCUT2D eigenvalue weighted by atomic mass is 10.1. The summed E-state index contributed by atoms with van der Waals surface area (Å²) in [5.74, 6) is 0.115. The summed E-state index contributed by atoms with van der Waals surface area (Å²) < 4.78 is 46.2. The van der Waals surface area contributed by atoms with E-state index in [0.717, 1.165) is 34.4 Å². The molecular weight excluding hydrogens is 447 g/mol. The third kappa shape index (κ3) is 5.31. The molecule has 1 aromatic carbocycles. The zero-order valence-electron chi connectivity index (χ0n) is 17.4. The van der Waals surface area contributed by atoms with E-state index >= 15 is 0 Å². The van der Waals surface area contributed by atoms with E-state index in [0.29, 0.717) is 16.7 Å². The van der Waals surface area contributed by atoms with Crippen molar-refractivity contribution in [1.82, 2.24) is 19.7 Å². The van der Waals surface area contributed by atoms with Gasteiger partial charge in [0.05, 0.1) is 35.4 Å². The van der Waals surface area contributed by atoms with Crippen molar-refractivity contribution in [3.05, 3.63) is 47.9 Å².